The second-order valence-corrected chi connectivity index (χ2v) is 1.41. The molecule has 0 spiro atoms. The zero-order valence-electron chi connectivity index (χ0n) is 5.73. The fourth-order valence-electron chi connectivity index (χ4n) is 0.373. The van der Waals surface area contributed by atoms with Crippen LogP contribution in [0.5, 0.6) is 0 Å². The van der Waals surface area contributed by atoms with Crippen molar-refractivity contribution in [3.63, 3.8) is 0 Å². The van der Waals surface area contributed by atoms with Crippen molar-refractivity contribution >= 4 is 5.97 Å². The number of hydrogen-bond acceptors (Lipinski definition) is 4. The van der Waals surface area contributed by atoms with Crippen molar-refractivity contribution in [2.24, 2.45) is 0 Å². The van der Waals surface area contributed by atoms with E-state index in [-0.39, 0.29) is 12.5 Å². The molecule has 0 aromatic heterocycles. The molecule has 0 saturated carbocycles. The monoisotopic (exact) mass is 132 g/mol. The summed E-state index contributed by atoms with van der Waals surface area (Å²) in [5.74, 6) is -0.244. The molecule has 0 aromatic carbocycles. The first-order chi connectivity index (χ1) is 4.31. The van der Waals surface area contributed by atoms with Gasteiger partial charge in [-0.25, -0.2) is 5.43 Å². The summed E-state index contributed by atoms with van der Waals surface area (Å²) in [6, 6.07) is 0. The Morgan fingerprint density at radius 3 is 2.78 bits per heavy atom. The molecule has 0 atom stereocenters. The Morgan fingerprint density at radius 2 is 2.33 bits per heavy atom. The van der Waals surface area contributed by atoms with Gasteiger partial charge in [0.05, 0.1) is 6.61 Å². The number of esters is 1. The van der Waals surface area contributed by atoms with Crippen molar-refractivity contribution < 1.29 is 9.53 Å². The maximum absolute atomic E-state index is 10.5. The highest BCUT2D eigenvalue weighted by Crippen LogP contribution is 1.72. The summed E-state index contributed by atoms with van der Waals surface area (Å²) < 4.78 is 4.60. The highest BCUT2D eigenvalue weighted by atomic mass is 16.5. The van der Waals surface area contributed by atoms with Crippen LogP contribution in [0.4, 0.5) is 0 Å². The molecular formula is C5H12N2O2. The van der Waals surface area contributed by atoms with Gasteiger partial charge in [-0.15, -0.1) is 0 Å². The second-order valence-electron chi connectivity index (χ2n) is 1.41. The smallest absolute Gasteiger partial charge is 0.321 e. The first-order valence-corrected chi connectivity index (χ1v) is 2.86. The minimum Gasteiger partial charge on any atom is -0.465 e. The number of nitrogens with one attached hydrogen (secondary N) is 2. The number of ether oxygens (including phenoxy) is 1. The maximum atomic E-state index is 10.5. The van der Waals surface area contributed by atoms with E-state index in [0.29, 0.717) is 6.61 Å². The van der Waals surface area contributed by atoms with Crippen LogP contribution in [0.1, 0.15) is 6.92 Å². The SMILES string of the molecule is CCOC(=O)CNNC. The van der Waals surface area contributed by atoms with Crippen molar-refractivity contribution in [2.45, 2.75) is 6.92 Å². The quantitative estimate of drug-likeness (QED) is 0.391. The maximum Gasteiger partial charge on any atom is 0.321 e. The van der Waals surface area contributed by atoms with Gasteiger partial charge in [-0.05, 0) is 14.0 Å². The number of carbonyl (C=O) groups excluding carboxylic acids is 1. The van der Waals surface area contributed by atoms with Crippen LogP contribution in [0.3, 0.4) is 0 Å². The van der Waals surface area contributed by atoms with E-state index in [1.54, 1.807) is 14.0 Å². The van der Waals surface area contributed by atoms with Crippen molar-refractivity contribution in [3.8, 4) is 0 Å². The molecule has 9 heavy (non-hydrogen) atoms. The van der Waals surface area contributed by atoms with Crippen molar-refractivity contribution in [2.75, 3.05) is 20.2 Å². The van der Waals surface area contributed by atoms with Crippen LogP contribution in [-0.2, 0) is 9.53 Å². The minimum atomic E-state index is -0.244. The van der Waals surface area contributed by atoms with Gasteiger partial charge in [0.15, 0.2) is 0 Å². The van der Waals surface area contributed by atoms with Crippen LogP contribution in [0, 0.1) is 0 Å². The summed E-state index contributed by atoms with van der Waals surface area (Å²) in [5.41, 5.74) is 5.21. The Kier molecular flexibility index (Phi) is 5.15. The van der Waals surface area contributed by atoms with E-state index < -0.39 is 0 Å². The van der Waals surface area contributed by atoms with Crippen LogP contribution in [0.2, 0.25) is 0 Å². The summed E-state index contributed by atoms with van der Waals surface area (Å²) in [5, 5.41) is 0. The standard InChI is InChI=1S/C5H12N2O2/c1-3-9-5(8)4-7-6-2/h6-7H,3-4H2,1-2H3. The molecular weight excluding hydrogens is 120 g/mol. The van der Waals surface area contributed by atoms with Gasteiger partial charge in [-0.3, -0.25) is 10.2 Å². The first-order valence-electron chi connectivity index (χ1n) is 2.86. The third-order valence-corrected chi connectivity index (χ3v) is 0.715. The Labute approximate surface area is 54.5 Å². The Morgan fingerprint density at radius 1 is 1.67 bits per heavy atom. The molecule has 0 saturated heterocycles. The lowest BCUT2D eigenvalue weighted by molar-refractivity contribution is -0.142. The molecule has 0 rings (SSSR count). The number of hydrazine groups is 1. The highest BCUT2D eigenvalue weighted by Gasteiger charge is 1.96. The molecule has 0 radical (unpaired) electrons. The fourth-order valence-corrected chi connectivity index (χ4v) is 0.373. The average Bonchev–Trinajstić information content (AvgIpc) is 1.85. The summed E-state index contributed by atoms with van der Waals surface area (Å²) in [4.78, 5) is 10.5. The Hall–Kier alpha value is -0.610. The minimum absolute atomic E-state index is 0.213. The zero-order valence-corrected chi connectivity index (χ0v) is 5.73. The lowest BCUT2D eigenvalue weighted by Crippen LogP contribution is -2.33. The molecule has 2 N–H and O–H groups in total. The first kappa shape index (κ1) is 8.39. The molecule has 54 valence electrons. The molecule has 0 aliphatic rings. The fraction of sp³-hybridized carbons (Fsp3) is 0.800. The van der Waals surface area contributed by atoms with Gasteiger partial charge in [-0.1, -0.05) is 0 Å². The summed E-state index contributed by atoms with van der Waals surface area (Å²) in [7, 11) is 1.69. The third-order valence-electron chi connectivity index (χ3n) is 0.715. The van der Waals surface area contributed by atoms with E-state index in [2.05, 4.69) is 15.6 Å². The molecule has 0 unspecified atom stereocenters. The van der Waals surface area contributed by atoms with Gasteiger partial charge in [0.1, 0.15) is 6.54 Å². The van der Waals surface area contributed by atoms with Crippen LogP contribution in [-0.4, -0.2) is 26.2 Å². The summed E-state index contributed by atoms with van der Waals surface area (Å²) >= 11 is 0. The highest BCUT2D eigenvalue weighted by molar-refractivity contribution is 5.71. The zero-order chi connectivity index (χ0) is 7.11. The molecule has 0 fully saturated rings. The molecule has 0 aromatic rings. The average molecular weight is 132 g/mol. The van der Waals surface area contributed by atoms with Gasteiger partial charge in [-0.2, -0.15) is 0 Å². The van der Waals surface area contributed by atoms with Crippen LogP contribution in [0.15, 0.2) is 0 Å². The predicted molar refractivity (Wildman–Crippen MR) is 33.7 cm³/mol. The molecule has 0 aliphatic carbocycles. The molecule has 0 bridgehead atoms. The number of rotatable bonds is 4. The Balaban J connectivity index is 3.06. The van der Waals surface area contributed by atoms with Gasteiger partial charge in [0.25, 0.3) is 0 Å². The van der Waals surface area contributed by atoms with E-state index in [9.17, 15) is 4.79 Å². The van der Waals surface area contributed by atoms with Crippen LogP contribution >= 0.6 is 0 Å². The van der Waals surface area contributed by atoms with Crippen LogP contribution < -0.4 is 10.9 Å². The lowest BCUT2D eigenvalue weighted by atomic mass is 10.7. The van der Waals surface area contributed by atoms with Gasteiger partial charge in [0, 0.05) is 0 Å². The number of carbonyl (C=O) groups is 1. The van der Waals surface area contributed by atoms with Crippen molar-refractivity contribution in [1.29, 1.82) is 0 Å². The lowest BCUT2D eigenvalue weighted by Gasteiger charge is -2.00. The van der Waals surface area contributed by atoms with Crippen molar-refractivity contribution in [3.05, 3.63) is 0 Å². The predicted octanol–water partition coefficient (Wildman–Crippen LogP) is -0.726. The summed E-state index contributed by atoms with van der Waals surface area (Å²) in [6.07, 6.45) is 0. The largest absolute Gasteiger partial charge is 0.465 e. The van der Waals surface area contributed by atoms with E-state index in [4.69, 9.17) is 0 Å². The third kappa shape index (κ3) is 5.26. The normalized spacial score (nSPS) is 9.11. The molecule has 4 heteroatoms. The van der Waals surface area contributed by atoms with E-state index in [1.807, 2.05) is 0 Å². The van der Waals surface area contributed by atoms with Gasteiger partial charge >= 0.3 is 5.97 Å². The van der Waals surface area contributed by atoms with Crippen LogP contribution in [0.25, 0.3) is 0 Å². The van der Waals surface area contributed by atoms with Crippen molar-refractivity contribution in [1.82, 2.24) is 10.9 Å². The molecule has 0 amide bonds. The second kappa shape index (κ2) is 5.53. The summed E-state index contributed by atoms with van der Waals surface area (Å²) in [6.45, 7) is 2.42. The van der Waals surface area contributed by atoms with E-state index >= 15 is 0 Å². The topological polar surface area (TPSA) is 50.4 Å². The molecule has 4 nitrogen and oxygen atoms in total. The van der Waals surface area contributed by atoms with E-state index in [0.717, 1.165) is 0 Å². The molecule has 0 heterocycles. The van der Waals surface area contributed by atoms with E-state index in [1.165, 1.54) is 0 Å². The van der Waals surface area contributed by atoms with Gasteiger partial charge < -0.3 is 4.74 Å². The molecule has 0 aliphatic heterocycles. The Bertz CT molecular complexity index is 85.0. The number of hydrogen-bond donors (Lipinski definition) is 2. The van der Waals surface area contributed by atoms with Gasteiger partial charge in [0.2, 0.25) is 0 Å².